The van der Waals surface area contributed by atoms with Gasteiger partial charge in [0.25, 0.3) is 0 Å². The highest BCUT2D eigenvalue weighted by atomic mass is 16.1. The number of hydrogen-bond acceptors (Lipinski definition) is 2. The molecule has 2 aromatic carbocycles. The summed E-state index contributed by atoms with van der Waals surface area (Å²) in [6.07, 6.45) is 4.87. The van der Waals surface area contributed by atoms with Gasteiger partial charge in [0, 0.05) is 11.6 Å². The minimum Gasteiger partial charge on any atom is -0.349 e. The first-order valence-corrected chi connectivity index (χ1v) is 7.52. The Hall–Kier alpha value is -2.62. The van der Waals surface area contributed by atoms with Crippen LogP contribution in [0, 0.1) is 0 Å². The zero-order valence-electron chi connectivity index (χ0n) is 12.2. The number of hydrogen-bond donors (Lipinski definition) is 1. The van der Waals surface area contributed by atoms with Gasteiger partial charge in [0.05, 0.1) is 17.6 Å². The number of rotatable bonds is 5. The number of nitrogens with zero attached hydrogens (tertiary/aromatic N) is 2. The molecule has 1 fully saturated rings. The topological polar surface area (TPSA) is 46.9 Å². The van der Waals surface area contributed by atoms with Crippen LogP contribution in [0.1, 0.15) is 24.0 Å². The highest BCUT2D eigenvalue weighted by Gasteiger charge is 2.44. The largest absolute Gasteiger partial charge is 0.349 e. The second kappa shape index (κ2) is 4.98. The molecular formula is C18H17N3O. The maximum atomic E-state index is 10.8. The number of nitrogens with one attached hydrogen (secondary N) is 1. The lowest BCUT2D eigenvalue weighted by Crippen LogP contribution is -2.27. The van der Waals surface area contributed by atoms with E-state index in [4.69, 9.17) is 0 Å². The van der Waals surface area contributed by atoms with E-state index in [1.807, 2.05) is 22.9 Å². The molecule has 0 bridgehead atoms. The second-order valence-corrected chi connectivity index (χ2v) is 5.93. The summed E-state index contributed by atoms with van der Waals surface area (Å²) in [7, 11) is 0. The summed E-state index contributed by atoms with van der Waals surface area (Å²) in [5.74, 6) is 0. The maximum Gasteiger partial charge on any atom is 0.207 e. The van der Waals surface area contributed by atoms with Crippen LogP contribution in [0.25, 0.3) is 10.9 Å². The lowest BCUT2D eigenvalue weighted by atomic mass is 10.0. The Kier molecular flexibility index (Phi) is 2.96. The Balaban J connectivity index is 1.65. The van der Waals surface area contributed by atoms with Crippen molar-refractivity contribution in [1.82, 2.24) is 15.1 Å². The summed E-state index contributed by atoms with van der Waals surface area (Å²) < 4.78 is 1.97. The van der Waals surface area contributed by atoms with Crippen LogP contribution in [0.2, 0.25) is 0 Å². The molecule has 1 aromatic heterocycles. The first kappa shape index (κ1) is 13.1. The molecule has 1 heterocycles. The van der Waals surface area contributed by atoms with E-state index in [9.17, 15) is 4.79 Å². The molecule has 3 aromatic rings. The molecule has 0 aliphatic heterocycles. The zero-order chi connectivity index (χ0) is 15.0. The van der Waals surface area contributed by atoms with Gasteiger partial charge < -0.3 is 5.32 Å². The average Bonchev–Trinajstić information content (AvgIpc) is 3.21. The standard InChI is InChI=1S/C18H17N3O/c22-13-19-18(8-9-18)16-7-6-15-12-21(20-17(15)10-16)11-14-4-2-1-3-5-14/h1-7,10,12-13H,8-9,11H2,(H,19,22). The molecule has 0 atom stereocenters. The fourth-order valence-electron chi connectivity index (χ4n) is 2.97. The maximum absolute atomic E-state index is 10.8. The van der Waals surface area contributed by atoms with Gasteiger partial charge in [-0.15, -0.1) is 0 Å². The van der Waals surface area contributed by atoms with Crippen LogP contribution in [0.15, 0.2) is 54.7 Å². The molecule has 1 N–H and O–H groups in total. The number of benzene rings is 2. The van der Waals surface area contributed by atoms with E-state index in [-0.39, 0.29) is 5.54 Å². The summed E-state index contributed by atoms with van der Waals surface area (Å²) in [6.45, 7) is 0.766. The molecule has 1 aliphatic carbocycles. The molecule has 110 valence electrons. The van der Waals surface area contributed by atoms with Gasteiger partial charge in [-0.25, -0.2) is 0 Å². The van der Waals surface area contributed by atoms with E-state index in [0.29, 0.717) is 0 Å². The van der Waals surface area contributed by atoms with Crippen molar-refractivity contribution in [2.24, 2.45) is 0 Å². The van der Waals surface area contributed by atoms with Crippen LogP contribution in [-0.4, -0.2) is 16.2 Å². The number of amides is 1. The van der Waals surface area contributed by atoms with Crippen LogP contribution in [0.3, 0.4) is 0 Å². The van der Waals surface area contributed by atoms with Gasteiger partial charge in [-0.3, -0.25) is 9.48 Å². The molecule has 0 saturated heterocycles. The third-order valence-electron chi connectivity index (χ3n) is 4.38. The van der Waals surface area contributed by atoms with Crippen LogP contribution >= 0.6 is 0 Å². The lowest BCUT2D eigenvalue weighted by molar-refractivity contribution is -0.110. The smallest absolute Gasteiger partial charge is 0.207 e. The zero-order valence-corrected chi connectivity index (χ0v) is 12.2. The first-order chi connectivity index (χ1) is 10.8. The quantitative estimate of drug-likeness (QED) is 0.735. The fraction of sp³-hybridized carbons (Fsp3) is 0.222. The molecule has 22 heavy (non-hydrogen) atoms. The van der Waals surface area contributed by atoms with E-state index in [1.54, 1.807) is 0 Å². The number of carbonyl (C=O) groups is 1. The molecule has 0 radical (unpaired) electrons. The van der Waals surface area contributed by atoms with E-state index >= 15 is 0 Å². The van der Waals surface area contributed by atoms with E-state index < -0.39 is 0 Å². The monoisotopic (exact) mass is 291 g/mol. The summed E-state index contributed by atoms with van der Waals surface area (Å²) in [5.41, 5.74) is 3.21. The Morgan fingerprint density at radius 1 is 1.18 bits per heavy atom. The average molecular weight is 291 g/mol. The van der Waals surface area contributed by atoms with Crippen molar-refractivity contribution in [3.8, 4) is 0 Å². The summed E-state index contributed by atoms with van der Waals surface area (Å²) in [5, 5.41) is 8.74. The first-order valence-electron chi connectivity index (χ1n) is 7.52. The van der Waals surface area contributed by atoms with Gasteiger partial charge in [-0.2, -0.15) is 5.10 Å². The summed E-state index contributed by atoms with van der Waals surface area (Å²) in [6, 6.07) is 16.6. The van der Waals surface area contributed by atoms with Crippen molar-refractivity contribution in [1.29, 1.82) is 0 Å². The normalized spacial score (nSPS) is 15.6. The molecule has 0 spiro atoms. The van der Waals surface area contributed by atoms with Crippen molar-refractivity contribution < 1.29 is 4.79 Å². The third kappa shape index (κ3) is 2.26. The van der Waals surface area contributed by atoms with Gasteiger partial charge in [-0.1, -0.05) is 42.5 Å². The Morgan fingerprint density at radius 2 is 2.00 bits per heavy atom. The molecule has 4 heteroatoms. The molecule has 1 amide bonds. The third-order valence-corrected chi connectivity index (χ3v) is 4.38. The summed E-state index contributed by atoms with van der Waals surface area (Å²) in [4.78, 5) is 10.8. The van der Waals surface area contributed by atoms with Crippen LogP contribution < -0.4 is 5.32 Å². The highest BCUT2D eigenvalue weighted by Crippen LogP contribution is 2.45. The minimum absolute atomic E-state index is 0.154. The predicted octanol–water partition coefficient (Wildman–Crippen LogP) is 2.82. The Labute approximate surface area is 128 Å². The van der Waals surface area contributed by atoms with Crippen molar-refractivity contribution in [3.63, 3.8) is 0 Å². The second-order valence-electron chi connectivity index (χ2n) is 5.93. The number of fused-ring (bicyclic) bond motifs is 1. The van der Waals surface area contributed by atoms with Crippen molar-refractivity contribution in [2.75, 3.05) is 0 Å². The molecule has 0 unspecified atom stereocenters. The van der Waals surface area contributed by atoms with Gasteiger partial charge in [0.1, 0.15) is 0 Å². The van der Waals surface area contributed by atoms with E-state index in [0.717, 1.165) is 42.3 Å². The van der Waals surface area contributed by atoms with Gasteiger partial charge in [0.2, 0.25) is 6.41 Å². The molecule has 1 aliphatic rings. The highest BCUT2D eigenvalue weighted by molar-refractivity contribution is 5.79. The number of carbonyl (C=O) groups excluding carboxylic acids is 1. The van der Waals surface area contributed by atoms with E-state index in [1.165, 1.54) is 5.56 Å². The van der Waals surface area contributed by atoms with Crippen LogP contribution in [-0.2, 0) is 16.9 Å². The molecular weight excluding hydrogens is 274 g/mol. The molecule has 4 nitrogen and oxygen atoms in total. The van der Waals surface area contributed by atoms with Gasteiger partial charge in [0.15, 0.2) is 0 Å². The predicted molar refractivity (Wildman–Crippen MR) is 85.4 cm³/mol. The van der Waals surface area contributed by atoms with Crippen molar-refractivity contribution >= 4 is 17.3 Å². The lowest BCUT2D eigenvalue weighted by Gasteiger charge is -2.13. The molecule has 1 saturated carbocycles. The number of aromatic nitrogens is 2. The minimum atomic E-state index is -0.154. The summed E-state index contributed by atoms with van der Waals surface area (Å²) >= 11 is 0. The van der Waals surface area contributed by atoms with E-state index in [2.05, 4.69) is 46.9 Å². The van der Waals surface area contributed by atoms with Crippen LogP contribution in [0.4, 0.5) is 0 Å². The van der Waals surface area contributed by atoms with Crippen molar-refractivity contribution in [2.45, 2.75) is 24.9 Å². The SMILES string of the molecule is O=CNC1(c2ccc3cn(Cc4ccccc4)nc3c2)CC1. The molecule has 4 rings (SSSR count). The Bertz CT molecular complexity index is 819. The Morgan fingerprint density at radius 3 is 2.73 bits per heavy atom. The van der Waals surface area contributed by atoms with Crippen LogP contribution in [0.5, 0.6) is 0 Å². The van der Waals surface area contributed by atoms with Crippen molar-refractivity contribution in [3.05, 3.63) is 65.9 Å². The fourth-order valence-corrected chi connectivity index (χ4v) is 2.97. The van der Waals surface area contributed by atoms with Gasteiger partial charge in [-0.05, 0) is 30.0 Å². The van der Waals surface area contributed by atoms with Gasteiger partial charge >= 0.3 is 0 Å².